The molecule has 4 aromatic rings. The van der Waals surface area contributed by atoms with Crippen LogP contribution in [0.25, 0.3) is 11.0 Å². The molecule has 0 bridgehead atoms. The van der Waals surface area contributed by atoms with Crippen LogP contribution in [-0.4, -0.2) is 16.1 Å². The molecular formula is C19H14ClN3O2S2. The summed E-state index contributed by atoms with van der Waals surface area (Å²) in [6.07, 6.45) is 0. The number of carbonyl (C=O) groups excluding carboxylic acids is 1. The van der Waals surface area contributed by atoms with Gasteiger partial charge in [0.15, 0.2) is 10.1 Å². The number of carbonyl (C=O) groups is 1. The predicted octanol–water partition coefficient (Wildman–Crippen LogP) is 5.79. The molecule has 2 heterocycles. The molecule has 0 saturated heterocycles. The first-order valence-corrected chi connectivity index (χ1v) is 10.3. The highest BCUT2D eigenvalue weighted by molar-refractivity contribution is 8.00. The number of anilines is 1. The second kappa shape index (κ2) is 7.72. The summed E-state index contributed by atoms with van der Waals surface area (Å²) in [4.78, 5) is 12.5. The summed E-state index contributed by atoms with van der Waals surface area (Å²) in [7, 11) is 0. The molecule has 0 fully saturated rings. The van der Waals surface area contributed by atoms with Crippen LogP contribution in [0, 0.1) is 6.92 Å². The zero-order valence-electron chi connectivity index (χ0n) is 14.2. The number of halogens is 1. The van der Waals surface area contributed by atoms with Crippen molar-refractivity contribution in [2.24, 2.45) is 0 Å². The number of aromatic nitrogens is 2. The Hall–Kier alpha value is -2.35. The van der Waals surface area contributed by atoms with Crippen LogP contribution in [0.5, 0.6) is 0 Å². The van der Waals surface area contributed by atoms with Gasteiger partial charge in [-0.3, -0.25) is 10.1 Å². The van der Waals surface area contributed by atoms with Crippen LogP contribution in [0.3, 0.4) is 0 Å². The zero-order chi connectivity index (χ0) is 18.8. The normalized spacial score (nSPS) is 11.0. The van der Waals surface area contributed by atoms with Crippen LogP contribution in [0.1, 0.15) is 21.7 Å². The number of nitrogens with zero attached hydrogens (tertiary/aromatic N) is 2. The van der Waals surface area contributed by atoms with Crippen LogP contribution in [0.2, 0.25) is 5.02 Å². The fourth-order valence-corrected chi connectivity index (χ4v) is 4.42. The molecule has 2 aromatic heterocycles. The Morgan fingerprint density at radius 3 is 2.74 bits per heavy atom. The Balaban J connectivity index is 1.43. The van der Waals surface area contributed by atoms with Gasteiger partial charge in [-0.2, -0.15) is 0 Å². The maximum absolute atomic E-state index is 12.5. The number of fused-ring (bicyclic) bond motifs is 1. The van der Waals surface area contributed by atoms with E-state index in [9.17, 15) is 4.79 Å². The van der Waals surface area contributed by atoms with Crippen LogP contribution in [0.15, 0.2) is 57.3 Å². The van der Waals surface area contributed by atoms with E-state index in [0.717, 1.165) is 26.6 Å². The molecule has 1 N–H and O–H groups in total. The van der Waals surface area contributed by atoms with Crippen molar-refractivity contribution in [3.63, 3.8) is 0 Å². The molecule has 27 heavy (non-hydrogen) atoms. The largest absolute Gasteiger partial charge is 0.451 e. The highest BCUT2D eigenvalue weighted by atomic mass is 35.5. The van der Waals surface area contributed by atoms with E-state index in [0.29, 0.717) is 21.5 Å². The number of thioether (sulfide) groups is 1. The minimum atomic E-state index is -0.325. The quantitative estimate of drug-likeness (QED) is 0.330. The van der Waals surface area contributed by atoms with E-state index in [1.54, 1.807) is 11.8 Å². The molecule has 0 saturated carbocycles. The van der Waals surface area contributed by atoms with Crippen molar-refractivity contribution in [3.8, 4) is 0 Å². The Labute approximate surface area is 168 Å². The summed E-state index contributed by atoms with van der Waals surface area (Å²) < 4.78 is 6.46. The molecule has 4 rings (SSSR count). The molecule has 136 valence electrons. The summed E-state index contributed by atoms with van der Waals surface area (Å²) in [5.41, 5.74) is 2.64. The van der Waals surface area contributed by atoms with Crippen molar-refractivity contribution < 1.29 is 9.21 Å². The second-order valence-electron chi connectivity index (χ2n) is 5.79. The average Bonchev–Trinajstić information content (AvgIpc) is 3.26. The summed E-state index contributed by atoms with van der Waals surface area (Å²) in [5.74, 6) is 0.721. The molecule has 2 aromatic carbocycles. The lowest BCUT2D eigenvalue weighted by Gasteiger charge is -1.99. The number of benzene rings is 2. The van der Waals surface area contributed by atoms with Gasteiger partial charge in [-0.15, -0.1) is 10.2 Å². The van der Waals surface area contributed by atoms with E-state index in [1.165, 1.54) is 11.3 Å². The molecule has 8 heteroatoms. The Bertz CT molecular complexity index is 1110. The van der Waals surface area contributed by atoms with E-state index in [-0.39, 0.29) is 5.91 Å². The smallest absolute Gasteiger partial charge is 0.293 e. The monoisotopic (exact) mass is 415 g/mol. The molecule has 0 aliphatic rings. The second-order valence-corrected chi connectivity index (χ2v) is 8.43. The third kappa shape index (κ3) is 4.00. The third-order valence-electron chi connectivity index (χ3n) is 3.95. The molecule has 0 spiro atoms. The molecule has 0 aliphatic heterocycles. The lowest BCUT2D eigenvalue weighted by atomic mass is 10.1. The van der Waals surface area contributed by atoms with Crippen LogP contribution in [-0.2, 0) is 5.75 Å². The third-order valence-corrected chi connectivity index (χ3v) is 6.25. The Morgan fingerprint density at radius 2 is 1.96 bits per heavy atom. The lowest BCUT2D eigenvalue weighted by Crippen LogP contribution is -2.11. The molecule has 0 unspecified atom stereocenters. The van der Waals surface area contributed by atoms with Crippen molar-refractivity contribution in [2.75, 3.05) is 5.32 Å². The van der Waals surface area contributed by atoms with E-state index in [2.05, 4.69) is 15.5 Å². The van der Waals surface area contributed by atoms with E-state index in [4.69, 9.17) is 16.0 Å². The molecule has 1 amide bonds. The summed E-state index contributed by atoms with van der Waals surface area (Å²) in [6, 6.07) is 15.2. The number of para-hydroxylation sites is 1. The van der Waals surface area contributed by atoms with Gasteiger partial charge in [0.1, 0.15) is 5.58 Å². The number of amides is 1. The van der Waals surface area contributed by atoms with Gasteiger partial charge >= 0.3 is 0 Å². The highest BCUT2D eigenvalue weighted by Crippen LogP contribution is 2.30. The molecule has 0 radical (unpaired) electrons. The minimum absolute atomic E-state index is 0.293. The Kier molecular flexibility index (Phi) is 5.15. The average molecular weight is 416 g/mol. The van der Waals surface area contributed by atoms with Crippen LogP contribution < -0.4 is 5.32 Å². The fraction of sp³-hybridized carbons (Fsp3) is 0.105. The van der Waals surface area contributed by atoms with Crippen molar-refractivity contribution >= 4 is 56.7 Å². The molecule has 0 aliphatic carbocycles. The highest BCUT2D eigenvalue weighted by Gasteiger charge is 2.19. The van der Waals surface area contributed by atoms with Gasteiger partial charge in [0.05, 0.1) is 0 Å². The number of furan rings is 1. The van der Waals surface area contributed by atoms with Crippen molar-refractivity contribution in [2.45, 2.75) is 17.0 Å². The minimum Gasteiger partial charge on any atom is -0.451 e. The lowest BCUT2D eigenvalue weighted by molar-refractivity contribution is 0.0998. The first kappa shape index (κ1) is 18.0. The summed E-state index contributed by atoms with van der Waals surface area (Å²) in [6.45, 7) is 1.87. The van der Waals surface area contributed by atoms with Gasteiger partial charge in [-0.1, -0.05) is 65.0 Å². The fourth-order valence-electron chi connectivity index (χ4n) is 2.59. The number of hydrogen-bond donors (Lipinski definition) is 1. The molecular weight excluding hydrogens is 402 g/mol. The van der Waals surface area contributed by atoms with Crippen LogP contribution in [0.4, 0.5) is 5.13 Å². The van der Waals surface area contributed by atoms with Gasteiger partial charge < -0.3 is 4.42 Å². The van der Waals surface area contributed by atoms with Gasteiger partial charge in [-0.05, 0) is 30.7 Å². The van der Waals surface area contributed by atoms with Crippen molar-refractivity contribution in [3.05, 3.63) is 70.4 Å². The zero-order valence-corrected chi connectivity index (χ0v) is 16.6. The standard InChI is InChI=1S/C19H14ClN3O2S2/c1-11-14-4-2-3-5-15(14)25-16(11)17(24)21-18-22-23-19(27-18)26-10-12-6-8-13(20)9-7-12/h2-9H,10H2,1H3,(H,21,22,24). The Morgan fingerprint density at radius 1 is 1.19 bits per heavy atom. The first-order valence-electron chi connectivity index (χ1n) is 8.10. The van der Waals surface area contributed by atoms with Gasteiger partial charge in [0, 0.05) is 21.7 Å². The van der Waals surface area contributed by atoms with Crippen LogP contribution >= 0.6 is 34.7 Å². The van der Waals surface area contributed by atoms with Gasteiger partial charge in [-0.25, -0.2) is 0 Å². The van der Waals surface area contributed by atoms with Gasteiger partial charge in [0.25, 0.3) is 5.91 Å². The summed E-state index contributed by atoms with van der Waals surface area (Å²) >= 11 is 8.78. The van der Waals surface area contributed by atoms with E-state index < -0.39 is 0 Å². The van der Waals surface area contributed by atoms with Crippen molar-refractivity contribution in [1.82, 2.24) is 10.2 Å². The summed E-state index contributed by atoms with van der Waals surface area (Å²) in [5, 5.41) is 13.0. The maximum Gasteiger partial charge on any atom is 0.293 e. The number of aryl methyl sites for hydroxylation is 1. The van der Waals surface area contributed by atoms with Crippen molar-refractivity contribution in [1.29, 1.82) is 0 Å². The maximum atomic E-state index is 12.5. The van der Waals surface area contributed by atoms with Gasteiger partial charge in [0.2, 0.25) is 5.13 Å². The number of nitrogens with one attached hydrogen (secondary N) is 1. The number of rotatable bonds is 5. The first-order chi connectivity index (χ1) is 13.1. The SMILES string of the molecule is Cc1c(C(=O)Nc2nnc(SCc3ccc(Cl)cc3)s2)oc2ccccc12. The molecule has 5 nitrogen and oxygen atoms in total. The van der Waals surface area contributed by atoms with E-state index >= 15 is 0 Å². The van der Waals surface area contributed by atoms with E-state index in [1.807, 2.05) is 55.5 Å². The topological polar surface area (TPSA) is 68.0 Å². The predicted molar refractivity (Wildman–Crippen MR) is 110 cm³/mol. The number of hydrogen-bond acceptors (Lipinski definition) is 6. The molecule has 0 atom stereocenters.